The quantitative estimate of drug-likeness (QED) is 0.850. The first-order valence-corrected chi connectivity index (χ1v) is 5.22. The number of ether oxygens (including phenoxy) is 1. The van der Waals surface area contributed by atoms with Gasteiger partial charge in [0, 0.05) is 7.11 Å². The molecule has 0 aliphatic carbocycles. The molecule has 0 fully saturated rings. The Morgan fingerprint density at radius 3 is 2.56 bits per heavy atom. The molecule has 1 aromatic rings. The van der Waals surface area contributed by atoms with Crippen LogP contribution in [0.25, 0.3) is 0 Å². The average Bonchev–Trinajstić information content (AvgIpc) is 2.21. The number of hydrogen-bond acceptors (Lipinski definition) is 2. The second-order valence-corrected chi connectivity index (χ2v) is 4.39. The van der Waals surface area contributed by atoms with Crippen LogP contribution in [0.1, 0.15) is 23.6 Å². The number of aryl methyl sites for hydroxylation is 2. The first kappa shape index (κ1) is 12.7. The minimum absolute atomic E-state index is 0.173. The minimum Gasteiger partial charge on any atom is -0.481 e. The first-order valence-electron chi connectivity index (χ1n) is 5.22. The van der Waals surface area contributed by atoms with Crippen LogP contribution in [0.4, 0.5) is 0 Å². The van der Waals surface area contributed by atoms with Crippen LogP contribution in [0.3, 0.4) is 0 Å². The Morgan fingerprint density at radius 1 is 1.44 bits per heavy atom. The molecule has 0 aromatic heterocycles. The van der Waals surface area contributed by atoms with Crippen molar-refractivity contribution in [3.8, 4) is 0 Å². The summed E-state index contributed by atoms with van der Waals surface area (Å²) in [5.41, 5.74) is 1.88. The highest BCUT2D eigenvalue weighted by Gasteiger charge is 2.36. The van der Waals surface area contributed by atoms with E-state index in [1.807, 2.05) is 32.0 Å². The maximum absolute atomic E-state index is 11.4. The van der Waals surface area contributed by atoms with Crippen molar-refractivity contribution >= 4 is 5.97 Å². The summed E-state index contributed by atoms with van der Waals surface area (Å²) in [4.78, 5) is 11.4. The van der Waals surface area contributed by atoms with E-state index in [0.29, 0.717) is 0 Å². The van der Waals surface area contributed by atoms with E-state index in [1.54, 1.807) is 6.92 Å². The van der Waals surface area contributed by atoms with Gasteiger partial charge in [-0.2, -0.15) is 0 Å². The Kier molecular flexibility index (Phi) is 3.70. The zero-order chi connectivity index (χ0) is 12.3. The summed E-state index contributed by atoms with van der Waals surface area (Å²) in [6.07, 6.45) is 0. The topological polar surface area (TPSA) is 46.5 Å². The molecule has 0 spiro atoms. The number of rotatable bonds is 4. The Labute approximate surface area is 96.1 Å². The van der Waals surface area contributed by atoms with Gasteiger partial charge >= 0.3 is 5.97 Å². The van der Waals surface area contributed by atoms with Gasteiger partial charge in [-0.25, -0.2) is 0 Å². The lowest BCUT2D eigenvalue weighted by molar-refractivity contribution is -0.145. The number of carbonyl (C=O) groups is 1. The van der Waals surface area contributed by atoms with Gasteiger partial charge < -0.3 is 9.84 Å². The van der Waals surface area contributed by atoms with Crippen molar-refractivity contribution in [1.29, 1.82) is 0 Å². The van der Waals surface area contributed by atoms with Gasteiger partial charge in [0.05, 0.1) is 6.61 Å². The second-order valence-electron chi connectivity index (χ2n) is 4.39. The SMILES string of the molecule is COCC(C)(C(=O)O)c1cc(C)ccc1C. The molecule has 3 heteroatoms. The molecule has 1 N–H and O–H groups in total. The normalized spacial score (nSPS) is 14.5. The lowest BCUT2D eigenvalue weighted by Gasteiger charge is -2.26. The van der Waals surface area contributed by atoms with Gasteiger partial charge in [-0.3, -0.25) is 4.79 Å². The van der Waals surface area contributed by atoms with E-state index in [1.165, 1.54) is 7.11 Å². The van der Waals surface area contributed by atoms with Crippen LogP contribution < -0.4 is 0 Å². The molecule has 0 amide bonds. The minimum atomic E-state index is -0.981. The van der Waals surface area contributed by atoms with E-state index in [4.69, 9.17) is 4.74 Å². The fourth-order valence-electron chi connectivity index (χ4n) is 1.87. The molecule has 1 aromatic carbocycles. The molecule has 0 bridgehead atoms. The van der Waals surface area contributed by atoms with Gasteiger partial charge in [-0.1, -0.05) is 23.8 Å². The van der Waals surface area contributed by atoms with Crippen molar-refractivity contribution in [2.24, 2.45) is 0 Å². The molecule has 1 rings (SSSR count). The van der Waals surface area contributed by atoms with Gasteiger partial charge in [-0.15, -0.1) is 0 Å². The van der Waals surface area contributed by atoms with Gasteiger partial charge in [0.2, 0.25) is 0 Å². The fourth-order valence-corrected chi connectivity index (χ4v) is 1.87. The van der Waals surface area contributed by atoms with Crippen molar-refractivity contribution in [2.45, 2.75) is 26.2 Å². The van der Waals surface area contributed by atoms with Crippen LogP contribution in [0, 0.1) is 13.8 Å². The van der Waals surface area contributed by atoms with Gasteiger partial charge in [0.25, 0.3) is 0 Å². The molecular formula is C13H18O3. The van der Waals surface area contributed by atoms with Crippen LogP contribution >= 0.6 is 0 Å². The van der Waals surface area contributed by atoms with Crippen molar-refractivity contribution in [1.82, 2.24) is 0 Å². The smallest absolute Gasteiger partial charge is 0.316 e. The van der Waals surface area contributed by atoms with Crippen LogP contribution in [0.2, 0.25) is 0 Å². The summed E-state index contributed by atoms with van der Waals surface area (Å²) < 4.78 is 5.04. The molecule has 0 saturated heterocycles. The van der Waals surface area contributed by atoms with E-state index >= 15 is 0 Å². The molecule has 1 atom stereocenters. The van der Waals surface area contributed by atoms with Gasteiger partial charge in [0.1, 0.15) is 5.41 Å². The summed E-state index contributed by atoms with van der Waals surface area (Å²) in [6.45, 7) is 5.75. The molecule has 16 heavy (non-hydrogen) atoms. The molecule has 88 valence electrons. The summed E-state index contributed by atoms with van der Waals surface area (Å²) in [7, 11) is 1.52. The molecule has 0 heterocycles. The third-order valence-electron chi connectivity index (χ3n) is 2.89. The van der Waals surface area contributed by atoms with Crippen molar-refractivity contribution in [3.05, 3.63) is 34.9 Å². The largest absolute Gasteiger partial charge is 0.481 e. The number of aliphatic carboxylic acids is 1. The van der Waals surface area contributed by atoms with E-state index < -0.39 is 11.4 Å². The van der Waals surface area contributed by atoms with E-state index in [0.717, 1.165) is 16.7 Å². The van der Waals surface area contributed by atoms with E-state index in [9.17, 15) is 9.90 Å². The predicted octanol–water partition coefficient (Wildman–Crippen LogP) is 2.29. The molecule has 1 unspecified atom stereocenters. The first-order chi connectivity index (χ1) is 7.41. The third kappa shape index (κ3) is 2.25. The summed E-state index contributed by atoms with van der Waals surface area (Å²) >= 11 is 0. The highest BCUT2D eigenvalue weighted by molar-refractivity contribution is 5.81. The lowest BCUT2D eigenvalue weighted by atomic mass is 9.80. The zero-order valence-corrected chi connectivity index (χ0v) is 10.2. The monoisotopic (exact) mass is 222 g/mol. The van der Waals surface area contributed by atoms with E-state index in [2.05, 4.69) is 0 Å². The standard InChI is InChI=1S/C13H18O3/c1-9-5-6-10(2)11(7-9)13(3,8-16-4)12(14)15/h5-7H,8H2,1-4H3,(H,14,15). The molecule has 0 aliphatic rings. The Bertz CT molecular complexity index is 398. The highest BCUT2D eigenvalue weighted by atomic mass is 16.5. The summed E-state index contributed by atoms with van der Waals surface area (Å²) in [5, 5.41) is 9.35. The van der Waals surface area contributed by atoms with Crippen LogP contribution in [-0.4, -0.2) is 24.8 Å². The molecule has 0 radical (unpaired) electrons. The van der Waals surface area contributed by atoms with Crippen LogP contribution in [0.15, 0.2) is 18.2 Å². The average molecular weight is 222 g/mol. The van der Waals surface area contributed by atoms with Crippen molar-refractivity contribution in [3.63, 3.8) is 0 Å². The molecule has 0 saturated carbocycles. The zero-order valence-electron chi connectivity index (χ0n) is 10.2. The summed E-state index contributed by atoms with van der Waals surface area (Å²) in [5.74, 6) is -0.858. The second kappa shape index (κ2) is 4.66. The number of methoxy groups -OCH3 is 1. The number of carboxylic acid groups (broad SMARTS) is 1. The van der Waals surface area contributed by atoms with Crippen LogP contribution in [0.5, 0.6) is 0 Å². The maximum Gasteiger partial charge on any atom is 0.316 e. The molecule has 3 nitrogen and oxygen atoms in total. The van der Waals surface area contributed by atoms with Gasteiger partial charge in [0.15, 0.2) is 0 Å². The Morgan fingerprint density at radius 2 is 2.06 bits per heavy atom. The number of benzene rings is 1. The maximum atomic E-state index is 11.4. The Hall–Kier alpha value is -1.35. The number of hydrogen-bond donors (Lipinski definition) is 1. The predicted molar refractivity (Wildman–Crippen MR) is 62.8 cm³/mol. The van der Waals surface area contributed by atoms with Crippen molar-refractivity contribution in [2.75, 3.05) is 13.7 Å². The van der Waals surface area contributed by atoms with Crippen LogP contribution in [-0.2, 0) is 14.9 Å². The number of carboxylic acids is 1. The molecule has 0 aliphatic heterocycles. The van der Waals surface area contributed by atoms with E-state index in [-0.39, 0.29) is 6.61 Å². The molecular weight excluding hydrogens is 204 g/mol. The lowest BCUT2D eigenvalue weighted by Crippen LogP contribution is -2.37. The fraction of sp³-hybridized carbons (Fsp3) is 0.462. The van der Waals surface area contributed by atoms with Crippen molar-refractivity contribution < 1.29 is 14.6 Å². The highest BCUT2D eigenvalue weighted by Crippen LogP contribution is 2.28. The third-order valence-corrected chi connectivity index (χ3v) is 2.89. The van der Waals surface area contributed by atoms with Gasteiger partial charge in [-0.05, 0) is 31.9 Å². The summed E-state index contributed by atoms with van der Waals surface area (Å²) in [6, 6.07) is 5.85. The Balaban J connectivity index is 3.31.